The Morgan fingerprint density at radius 1 is 1.09 bits per heavy atom. The topological polar surface area (TPSA) is 91.2 Å². The lowest BCUT2D eigenvalue weighted by Crippen LogP contribution is -2.41. The van der Waals surface area contributed by atoms with Gasteiger partial charge in [0.05, 0.1) is 11.6 Å². The molecule has 2 N–H and O–H groups in total. The van der Waals surface area contributed by atoms with Gasteiger partial charge in [0.25, 0.3) is 5.91 Å². The number of benzene rings is 1. The summed E-state index contributed by atoms with van der Waals surface area (Å²) in [4.78, 5) is 23.2. The highest BCUT2D eigenvalue weighted by molar-refractivity contribution is 5.81. The minimum Gasteiger partial charge on any atom is -0.481 e. The van der Waals surface area contributed by atoms with Gasteiger partial charge in [-0.15, -0.1) is 0 Å². The highest BCUT2D eigenvalue weighted by atomic mass is 16.5. The van der Waals surface area contributed by atoms with E-state index in [2.05, 4.69) is 10.6 Å². The van der Waals surface area contributed by atoms with Crippen LogP contribution in [0.1, 0.15) is 26.3 Å². The first-order valence-electron chi connectivity index (χ1n) is 7.16. The van der Waals surface area contributed by atoms with Crippen molar-refractivity contribution in [2.75, 3.05) is 13.1 Å². The largest absolute Gasteiger partial charge is 0.481 e. The first-order chi connectivity index (χ1) is 10.4. The second-order valence-electron chi connectivity index (χ2n) is 5.13. The van der Waals surface area contributed by atoms with Crippen molar-refractivity contribution < 1.29 is 14.3 Å². The molecule has 0 heterocycles. The van der Waals surface area contributed by atoms with Gasteiger partial charge in [-0.05, 0) is 31.2 Å². The number of nitriles is 1. The third kappa shape index (κ3) is 5.83. The maximum atomic E-state index is 11.8. The second-order valence-corrected chi connectivity index (χ2v) is 5.13. The molecule has 1 aromatic carbocycles. The summed E-state index contributed by atoms with van der Waals surface area (Å²) in [6.07, 6.45) is -0.659. The van der Waals surface area contributed by atoms with E-state index in [1.807, 2.05) is 6.07 Å². The Morgan fingerprint density at radius 2 is 1.64 bits per heavy atom. The number of carbonyl (C=O) groups is 2. The molecule has 0 radical (unpaired) electrons. The van der Waals surface area contributed by atoms with Crippen LogP contribution in [0.15, 0.2) is 24.3 Å². The average molecular weight is 303 g/mol. The number of nitrogens with one attached hydrogen (secondary N) is 2. The van der Waals surface area contributed by atoms with E-state index in [1.165, 1.54) is 0 Å². The van der Waals surface area contributed by atoms with Gasteiger partial charge in [0.15, 0.2) is 6.10 Å². The minimum atomic E-state index is -0.659. The molecule has 1 atom stereocenters. The van der Waals surface area contributed by atoms with Crippen molar-refractivity contribution in [1.82, 2.24) is 10.6 Å². The summed E-state index contributed by atoms with van der Waals surface area (Å²) >= 11 is 0. The zero-order chi connectivity index (χ0) is 16.5. The number of carbonyl (C=O) groups excluding carboxylic acids is 2. The highest BCUT2D eigenvalue weighted by Gasteiger charge is 2.14. The van der Waals surface area contributed by atoms with Gasteiger partial charge >= 0.3 is 0 Å². The summed E-state index contributed by atoms with van der Waals surface area (Å²) in [6, 6.07) is 8.55. The number of rotatable bonds is 7. The van der Waals surface area contributed by atoms with E-state index in [-0.39, 0.29) is 17.7 Å². The zero-order valence-corrected chi connectivity index (χ0v) is 13.1. The lowest BCUT2D eigenvalue weighted by Gasteiger charge is -2.15. The molecule has 0 fully saturated rings. The molecule has 0 aliphatic heterocycles. The number of hydrogen-bond acceptors (Lipinski definition) is 4. The quantitative estimate of drug-likeness (QED) is 0.741. The van der Waals surface area contributed by atoms with Crippen LogP contribution in [0, 0.1) is 17.2 Å². The van der Waals surface area contributed by atoms with Gasteiger partial charge in [-0.3, -0.25) is 9.59 Å². The zero-order valence-electron chi connectivity index (χ0n) is 13.1. The molecule has 0 aliphatic rings. The summed E-state index contributed by atoms with van der Waals surface area (Å²) in [5, 5.41) is 14.1. The Morgan fingerprint density at radius 3 is 2.14 bits per heavy atom. The molecule has 1 unspecified atom stereocenters. The van der Waals surface area contributed by atoms with Crippen molar-refractivity contribution in [1.29, 1.82) is 5.26 Å². The molecular formula is C16H21N3O3. The number of nitrogens with zero attached hydrogens (tertiary/aromatic N) is 1. The van der Waals surface area contributed by atoms with Gasteiger partial charge in [0.1, 0.15) is 5.75 Å². The molecule has 0 saturated heterocycles. The Balaban J connectivity index is 2.32. The van der Waals surface area contributed by atoms with E-state index < -0.39 is 6.10 Å². The molecule has 22 heavy (non-hydrogen) atoms. The van der Waals surface area contributed by atoms with Crippen LogP contribution >= 0.6 is 0 Å². The third-order valence-corrected chi connectivity index (χ3v) is 2.91. The predicted molar refractivity (Wildman–Crippen MR) is 82.1 cm³/mol. The van der Waals surface area contributed by atoms with Crippen LogP contribution in [0.25, 0.3) is 0 Å². The van der Waals surface area contributed by atoms with Crippen LogP contribution in [0.2, 0.25) is 0 Å². The fourth-order valence-electron chi connectivity index (χ4n) is 1.58. The van der Waals surface area contributed by atoms with E-state index >= 15 is 0 Å². The fraction of sp³-hybridized carbons (Fsp3) is 0.438. The lowest BCUT2D eigenvalue weighted by molar-refractivity contribution is -0.128. The lowest BCUT2D eigenvalue weighted by atomic mass is 10.2. The second kappa shape index (κ2) is 8.67. The maximum absolute atomic E-state index is 11.8. The van der Waals surface area contributed by atoms with E-state index in [4.69, 9.17) is 10.00 Å². The number of hydrogen-bond donors (Lipinski definition) is 2. The monoisotopic (exact) mass is 303 g/mol. The van der Waals surface area contributed by atoms with Crippen molar-refractivity contribution >= 4 is 11.8 Å². The van der Waals surface area contributed by atoms with Crippen molar-refractivity contribution in [3.05, 3.63) is 29.8 Å². The SMILES string of the molecule is CC(C)C(=O)NCCNC(=O)C(C)Oc1ccc(C#N)cc1. The molecule has 1 aromatic rings. The minimum absolute atomic E-state index is 0.0452. The van der Waals surface area contributed by atoms with Gasteiger partial charge in [-0.2, -0.15) is 5.26 Å². The standard InChI is InChI=1S/C16H21N3O3/c1-11(2)15(20)18-8-9-19-16(21)12(3)22-14-6-4-13(10-17)5-7-14/h4-7,11-12H,8-9H2,1-3H3,(H,18,20)(H,19,21). The van der Waals surface area contributed by atoms with Crippen LogP contribution in [0.4, 0.5) is 0 Å². The smallest absolute Gasteiger partial charge is 0.260 e. The van der Waals surface area contributed by atoms with Crippen LogP contribution in [0.3, 0.4) is 0 Å². The Hall–Kier alpha value is -2.55. The summed E-state index contributed by atoms with van der Waals surface area (Å²) in [6.45, 7) is 5.98. The first kappa shape index (κ1) is 17.5. The molecule has 0 aliphatic carbocycles. The normalized spacial score (nSPS) is 11.4. The summed E-state index contributed by atoms with van der Waals surface area (Å²) < 4.78 is 5.48. The van der Waals surface area contributed by atoms with E-state index in [9.17, 15) is 9.59 Å². The number of amides is 2. The van der Waals surface area contributed by atoms with Crippen molar-refractivity contribution in [2.24, 2.45) is 5.92 Å². The van der Waals surface area contributed by atoms with E-state index in [1.54, 1.807) is 45.0 Å². The summed E-state index contributed by atoms with van der Waals surface area (Å²) in [5.74, 6) is 0.142. The molecule has 0 spiro atoms. The Kier molecular flexibility index (Phi) is 6.90. The van der Waals surface area contributed by atoms with Crippen molar-refractivity contribution in [2.45, 2.75) is 26.9 Å². The van der Waals surface area contributed by atoms with E-state index in [0.29, 0.717) is 24.4 Å². The average Bonchev–Trinajstić information content (AvgIpc) is 2.51. The van der Waals surface area contributed by atoms with Crippen LogP contribution in [0.5, 0.6) is 5.75 Å². The van der Waals surface area contributed by atoms with Crippen LogP contribution in [-0.2, 0) is 9.59 Å². The molecule has 0 aromatic heterocycles. The van der Waals surface area contributed by atoms with Gasteiger partial charge in [-0.1, -0.05) is 13.8 Å². The molecule has 1 rings (SSSR count). The molecule has 6 nitrogen and oxygen atoms in total. The maximum Gasteiger partial charge on any atom is 0.260 e. The van der Waals surface area contributed by atoms with Crippen LogP contribution in [-0.4, -0.2) is 31.0 Å². The van der Waals surface area contributed by atoms with E-state index in [0.717, 1.165) is 0 Å². The highest BCUT2D eigenvalue weighted by Crippen LogP contribution is 2.13. The molecule has 6 heteroatoms. The summed E-state index contributed by atoms with van der Waals surface area (Å²) in [5.41, 5.74) is 0.533. The third-order valence-electron chi connectivity index (χ3n) is 2.91. The fourth-order valence-corrected chi connectivity index (χ4v) is 1.58. The van der Waals surface area contributed by atoms with Gasteiger partial charge < -0.3 is 15.4 Å². The summed E-state index contributed by atoms with van der Waals surface area (Å²) in [7, 11) is 0. The van der Waals surface area contributed by atoms with Crippen molar-refractivity contribution in [3.63, 3.8) is 0 Å². The molecule has 0 bridgehead atoms. The molecular weight excluding hydrogens is 282 g/mol. The van der Waals surface area contributed by atoms with Gasteiger partial charge in [0, 0.05) is 19.0 Å². The molecule has 2 amide bonds. The predicted octanol–water partition coefficient (Wildman–Crippen LogP) is 1.21. The Bertz CT molecular complexity index is 547. The Labute approximate surface area is 130 Å². The van der Waals surface area contributed by atoms with Gasteiger partial charge in [-0.25, -0.2) is 0 Å². The van der Waals surface area contributed by atoms with Crippen molar-refractivity contribution in [3.8, 4) is 11.8 Å². The molecule has 0 saturated carbocycles. The molecule has 118 valence electrons. The van der Waals surface area contributed by atoms with Crippen LogP contribution < -0.4 is 15.4 Å². The number of ether oxygens (including phenoxy) is 1. The first-order valence-corrected chi connectivity index (χ1v) is 7.16. The van der Waals surface area contributed by atoms with Gasteiger partial charge in [0.2, 0.25) is 5.91 Å².